The molecule has 0 atom stereocenters. The average molecular weight is 468 g/mol. The monoisotopic (exact) mass is 467 g/mol. The number of methoxy groups -OCH3 is 2. The number of carbonyl (C=O) groups excluding carboxylic acids is 1. The molecule has 33 heavy (non-hydrogen) atoms. The number of thiophene rings is 1. The van der Waals surface area contributed by atoms with Gasteiger partial charge in [0.15, 0.2) is 17.1 Å². The van der Waals surface area contributed by atoms with Crippen LogP contribution in [-0.2, 0) is 30.7 Å². The van der Waals surface area contributed by atoms with Gasteiger partial charge in [-0.3, -0.25) is 4.79 Å². The molecular weight excluding hydrogens is 442 g/mol. The highest BCUT2D eigenvalue weighted by molar-refractivity contribution is 7.19. The highest BCUT2D eigenvalue weighted by Crippen LogP contribution is 2.36. The number of aromatic nitrogens is 4. The quantitative estimate of drug-likeness (QED) is 0.438. The lowest BCUT2D eigenvalue weighted by molar-refractivity contribution is -0.122. The minimum atomic E-state index is -0.373. The topological polar surface area (TPSA) is 99.7 Å². The van der Waals surface area contributed by atoms with E-state index in [9.17, 15) is 9.59 Å². The predicted octanol–water partition coefficient (Wildman–Crippen LogP) is 2.71. The van der Waals surface area contributed by atoms with Gasteiger partial charge in [-0.2, -0.15) is 0 Å². The second kappa shape index (κ2) is 8.86. The third-order valence-electron chi connectivity index (χ3n) is 6.04. The lowest BCUT2D eigenvalue weighted by Gasteiger charge is -2.13. The number of nitrogens with zero attached hydrogens (tertiary/aromatic N) is 4. The van der Waals surface area contributed by atoms with Gasteiger partial charge in [-0.15, -0.1) is 16.4 Å². The third kappa shape index (κ3) is 3.84. The maximum absolute atomic E-state index is 12.9. The first-order chi connectivity index (χ1) is 16.1. The lowest BCUT2D eigenvalue weighted by Crippen LogP contribution is -2.32. The van der Waals surface area contributed by atoms with Gasteiger partial charge in [0.05, 0.1) is 19.6 Å². The van der Waals surface area contributed by atoms with E-state index < -0.39 is 0 Å². The van der Waals surface area contributed by atoms with Gasteiger partial charge in [0.2, 0.25) is 5.91 Å². The van der Waals surface area contributed by atoms with Crippen molar-refractivity contribution in [3.8, 4) is 11.5 Å². The van der Waals surface area contributed by atoms with E-state index in [1.165, 1.54) is 38.7 Å². The fourth-order valence-corrected chi connectivity index (χ4v) is 5.66. The van der Waals surface area contributed by atoms with Crippen molar-refractivity contribution in [3.05, 3.63) is 51.0 Å². The fraction of sp³-hybridized carbons (Fsp3) is 0.391. The van der Waals surface area contributed by atoms with Gasteiger partial charge < -0.3 is 14.8 Å². The maximum atomic E-state index is 12.9. The molecule has 172 valence electrons. The van der Waals surface area contributed by atoms with Crippen LogP contribution in [0.25, 0.3) is 15.9 Å². The first kappa shape index (κ1) is 21.4. The Hall–Kier alpha value is -3.40. The number of ether oxygens (including phenoxy) is 2. The van der Waals surface area contributed by atoms with Gasteiger partial charge in [-0.1, -0.05) is 18.6 Å². The van der Waals surface area contributed by atoms with Crippen LogP contribution in [0.1, 0.15) is 35.3 Å². The molecule has 0 saturated heterocycles. The third-order valence-corrected chi connectivity index (χ3v) is 7.24. The van der Waals surface area contributed by atoms with Crippen LogP contribution in [0.15, 0.2) is 29.3 Å². The average Bonchev–Trinajstić information content (AvgIpc) is 3.23. The smallest absolute Gasteiger partial charge is 0.352 e. The Bertz CT molecular complexity index is 1400. The summed E-state index contributed by atoms with van der Waals surface area (Å²) >= 11 is 1.69. The fourth-order valence-electron chi connectivity index (χ4n) is 4.44. The molecule has 10 heteroatoms. The van der Waals surface area contributed by atoms with Crippen LogP contribution in [0.4, 0.5) is 0 Å². The molecule has 0 saturated carbocycles. The normalized spacial score (nSPS) is 13.6. The van der Waals surface area contributed by atoms with Crippen LogP contribution in [0, 0.1) is 0 Å². The van der Waals surface area contributed by atoms with E-state index in [1.54, 1.807) is 31.6 Å². The molecule has 4 aromatic rings. The largest absolute Gasteiger partial charge is 0.493 e. The summed E-state index contributed by atoms with van der Waals surface area (Å²) < 4.78 is 13.4. The standard InChI is InChI=1S/C23H25N5O4S/c1-31-16-9-6-7-14(20(16)32-2)11-24-18(29)12-28-23(30)27-13-25-22-19(21(27)26-28)15-8-4-3-5-10-17(15)33-22/h6-7,9,13H,3-5,8,10-12H2,1-2H3,(H,24,29). The zero-order valence-corrected chi connectivity index (χ0v) is 19.4. The molecule has 0 bridgehead atoms. The van der Waals surface area contributed by atoms with E-state index in [0.29, 0.717) is 17.1 Å². The molecule has 3 aromatic heterocycles. The highest BCUT2D eigenvalue weighted by Gasteiger charge is 2.21. The molecule has 1 aliphatic carbocycles. The minimum Gasteiger partial charge on any atom is -0.493 e. The van der Waals surface area contributed by atoms with Crippen molar-refractivity contribution >= 4 is 33.1 Å². The number of amides is 1. The summed E-state index contributed by atoms with van der Waals surface area (Å²) in [5.41, 5.74) is 2.24. The van der Waals surface area contributed by atoms with Crippen LogP contribution in [0.2, 0.25) is 0 Å². The van der Waals surface area contributed by atoms with Crippen LogP contribution < -0.4 is 20.5 Å². The number of carbonyl (C=O) groups is 1. The van der Waals surface area contributed by atoms with Gasteiger partial charge in [0.1, 0.15) is 17.7 Å². The molecule has 3 heterocycles. The van der Waals surface area contributed by atoms with Gasteiger partial charge in [0.25, 0.3) is 0 Å². The molecule has 1 aromatic carbocycles. The Balaban J connectivity index is 1.41. The van der Waals surface area contributed by atoms with E-state index in [0.717, 1.165) is 35.0 Å². The molecular formula is C23H25N5O4S. The van der Waals surface area contributed by atoms with Gasteiger partial charge >= 0.3 is 5.69 Å². The summed E-state index contributed by atoms with van der Waals surface area (Å²) in [5, 5.41) is 8.33. The molecule has 0 radical (unpaired) electrons. The van der Waals surface area contributed by atoms with Gasteiger partial charge in [-0.05, 0) is 37.3 Å². The Morgan fingerprint density at radius 1 is 1.18 bits per heavy atom. The van der Waals surface area contributed by atoms with E-state index in [-0.39, 0.29) is 24.7 Å². The number of rotatable bonds is 6. The number of hydrogen-bond donors (Lipinski definition) is 1. The van der Waals surface area contributed by atoms with Crippen LogP contribution in [-0.4, -0.2) is 39.3 Å². The molecule has 1 amide bonds. The number of aryl methyl sites for hydroxylation is 2. The second-order valence-corrected chi connectivity index (χ2v) is 9.14. The van der Waals surface area contributed by atoms with Crippen molar-refractivity contribution in [2.24, 2.45) is 0 Å². The first-order valence-corrected chi connectivity index (χ1v) is 11.8. The zero-order chi connectivity index (χ0) is 22.9. The van der Waals surface area contributed by atoms with Crippen molar-refractivity contribution in [2.45, 2.75) is 45.2 Å². The summed E-state index contributed by atoms with van der Waals surface area (Å²) in [5.74, 6) is 0.836. The number of para-hydroxylation sites is 1. The molecule has 9 nitrogen and oxygen atoms in total. The van der Waals surface area contributed by atoms with Gasteiger partial charge in [0, 0.05) is 17.0 Å². The van der Waals surface area contributed by atoms with Crippen molar-refractivity contribution in [1.29, 1.82) is 0 Å². The molecule has 0 spiro atoms. The van der Waals surface area contributed by atoms with Crippen molar-refractivity contribution in [2.75, 3.05) is 14.2 Å². The second-order valence-electron chi connectivity index (χ2n) is 8.05. The van der Waals surface area contributed by atoms with Crippen molar-refractivity contribution in [1.82, 2.24) is 24.5 Å². The molecule has 0 fully saturated rings. The zero-order valence-electron chi connectivity index (χ0n) is 18.6. The number of benzene rings is 1. The Kier molecular flexibility index (Phi) is 5.76. The van der Waals surface area contributed by atoms with Gasteiger partial charge in [-0.25, -0.2) is 18.9 Å². The Morgan fingerprint density at radius 3 is 2.85 bits per heavy atom. The summed E-state index contributed by atoms with van der Waals surface area (Å²) in [6, 6.07) is 5.47. The van der Waals surface area contributed by atoms with Crippen LogP contribution in [0.5, 0.6) is 11.5 Å². The van der Waals surface area contributed by atoms with E-state index in [1.807, 2.05) is 12.1 Å². The molecule has 0 aliphatic heterocycles. The maximum Gasteiger partial charge on any atom is 0.352 e. The van der Waals surface area contributed by atoms with Crippen molar-refractivity contribution < 1.29 is 14.3 Å². The van der Waals surface area contributed by atoms with E-state index in [2.05, 4.69) is 15.4 Å². The Morgan fingerprint density at radius 2 is 2.03 bits per heavy atom. The van der Waals surface area contributed by atoms with Crippen molar-refractivity contribution in [3.63, 3.8) is 0 Å². The number of hydrogen-bond acceptors (Lipinski definition) is 7. The predicted molar refractivity (Wildman–Crippen MR) is 125 cm³/mol. The van der Waals surface area contributed by atoms with E-state index in [4.69, 9.17) is 9.47 Å². The first-order valence-electron chi connectivity index (χ1n) is 11.0. The molecule has 0 unspecified atom stereocenters. The summed E-state index contributed by atoms with van der Waals surface area (Å²) in [7, 11) is 3.12. The lowest BCUT2D eigenvalue weighted by atomic mass is 10.1. The number of fused-ring (bicyclic) bond motifs is 5. The summed E-state index contributed by atoms with van der Waals surface area (Å²) in [6.07, 6.45) is 7.04. The summed E-state index contributed by atoms with van der Waals surface area (Å²) in [4.78, 5) is 32.3. The number of nitrogens with one attached hydrogen (secondary N) is 1. The van der Waals surface area contributed by atoms with Crippen LogP contribution >= 0.6 is 11.3 Å². The minimum absolute atomic E-state index is 0.180. The molecule has 1 aliphatic rings. The Labute approximate surface area is 194 Å². The summed E-state index contributed by atoms with van der Waals surface area (Å²) in [6.45, 7) is 0.0613. The molecule has 1 N–H and O–H groups in total. The highest BCUT2D eigenvalue weighted by atomic mass is 32.1. The SMILES string of the molecule is COc1cccc(CNC(=O)Cn2nc3c4c5c(sc4ncn3c2=O)CCCCC5)c1OC. The van der Waals surface area contributed by atoms with E-state index >= 15 is 0 Å². The van der Waals surface area contributed by atoms with Crippen LogP contribution in [0.3, 0.4) is 0 Å². The molecule has 5 rings (SSSR count).